The van der Waals surface area contributed by atoms with Crippen molar-refractivity contribution >= 4 is 17.7 Å². The molecule has 0 saturated carbocycles. The van der Waals surface area contributed by atoms with E-state index in [1.807, 2.05) is 6.92 Å². The smallest absolute Gasteiger partial charge is 0.335 e. The molecule has 0 saturated heterocycles. The summed E-state index contributed by atoms with van der Waals surface area (Å²) in [7, 11) is 0. The minimum atomic E-state index is -1.07. The maximum Gasteiger partial charge on any atom is 0.335 e. The van der Waals surface area contributed by atoms with E-state index in [1.54, 1.807) is 0 Å². The lowest BCUT2D eigenvalue weighted by Crippen LogP contribution is -2.01. The van der Waals surface area contributed by atoms with Gasteiger partial charge >= 0.3 is 5.97 Å². The lowest BCUT2D eigenvalue weighted by molar-refractivity contribution is 0.0696. The molecule has 1 aromatic heterocycles. The topological polar surface area (TPSA) is 50.2 Å². The molecule has 21 heavy (non-hydrogen) atoms. The number of aromatic nitrogens is 1. The largest absolute Gasteiger partial charge is 0.478 e. The lowest BCUT2D eigenvalue weighted by Gasteiger charge is -2.07. The first-order valence-electron chi connectivity index (χ1n) is 6.36. The Morgan fingerprint density at radius 1 is 1.29 bits per heavy atom. The highest BCUT2D eigenvalue weighted by molar-refractivity contribution is 7.99. The van der Waals surface area contributed by atoms with Crippen LogP contribution in [-0.4, -0.2) is 16.1 Å². The second-order valence-corrected chi connectivity index (χ2v) is 5.48. The third kappa shape index (κ3) is 4.01. The summed E-state index contributed by atoms with van der Waals surface area (Å²) >= 11 is 0.911. The third-order valence-electron chi connectivity index (χ3n) is 2.72. The van der Waals surface area contributed by atoms with Crippen LogP contribution >= 0.6 is 11.8 Å². The summed E-state index contributed by atoms with van der Waals surface area (Å²) in [5.41, 5.74) is 0.712. The van der Waals surface area contributed by atoms with Crippen molar-refractivity contribution in [2.75, 3.05) is 0 Å². The number of hydrogen-bond donors (Lipinski definition) is 1. The Labute approximate surface area is 125 Å². The van der Waals surface area contributed by atoms with E-state index in [4.69, 9.17) is 5.11 Å². The maximum atomic E-state index is 13.6. The van der Waals surface area contributed by atoms with Gasteiger partial charge in [0.15, 0.2) is 0 Å². The normalized spacial score (nSPS) is 10.6. The van der Waals surface area contributed by atoms with Crippen LogP contribution in [0.2, 0.25) is 0 Å². The number of rotatable bonds is 5. The zero-order chi connectivity index (χ0) is 15.4. The third-order valence-corrected chi connectivity index (χ3v) is 3.67. The van der Waals surface area contributed by atoms with Crippen molar-refractivity contribution in [2.45, 2.75) is 29.7 Å². The van der Waals surface area contributed by atoms with Gasteiger partial charge in [-0.2, -0.15) is 0 Å². The standard InChI is InChI=1S/C15H13F2NO2S/c1-2-3-11-6-9(15(19)20)7-14(18-11)21-13-8-10(16)4-5-12(13)17/h4-8H,2-3H2,1H3,(H,19,20). The zero-order valence-electron chi connectivity index (χ0n) is 11.3. The van der Waals surface area contributed by atoms with Crippen LogP contribution in [0.5, 0.6) is 0 Å². The molecule has 0 bridgehead atoms. The predicted octanol–water partition coefficient (Wildman–Crippen LogP) is 4.16. The number of carbonyl (C=O) groups is 1. The first kappa shape index (κ1) is 15.4. The quantitative estimate of drug-likeness (QED) is 0.901. The van der Waals surface area contributed by atoms with Gasteiger partial charge in [-0.1, -0.05) is 25.1 Å². The van der Waals surface area contributed by atoms with E-state index < -0.39 is 17.6 Å². The van der Waals surface area contributed by atoms with E-state index in [-0.39, 0.29) is 10.5 Å². The highest BCUT2D eigenvalue weighted by Gasteiger charge is 2.12. The van der Waals surface area contributed by atoms with E-state index in [0.29, 0.717) is 17.1 Å². The molecule has 0 spiro atoms. The molecule has 1 aromatic carbocycles. The van der Waals surface area contributed by atoms with Crippen LogP contribution in [0.3, 0.4) is 0 Å². The van der Waals surface area contributed by atoms with Gasteiger partial charge < -0.3 is 5.11 Å². The van der Waals surface area contributed by atoms with Crippen LogP contribution in [0, 0.1) is 11.6 Å². The first-order chi connectivity index (χ1) is 9.99. The Bertz CT molecular complexity index is 677. The number of pyridine rings is 1. The molecule has 0 aliphatic heterocycles. The summed E-state index contributed by atoms with van der Waals surface area (Å²) in [4.78, 5) is 15.5. The van der Waals surface area contributed by atoms with Crippen molar-refractivity contribution in [1.29, 1.82) is 0 Å². The number of hydrogen-bond acceptors (Lipinski definition) is 3. The van der Waals surface area contributed by atoms with Crippen LogP contribution in [0.15, 0.2) is 40.3 Å². The molecule has 110 valence electrons. The Balaban J connectivity index is 2.38. The van der Waals surface area contributed by atoms with E-state index in [9.17, 15) is 13.6 Å². The molecule has 1 N–H and O–H groups in total. The summed E-state index contributed by atoms with van der Waals surface area (Å²) in [6.07, 6.45) is 1.44. The molecule has 6 heteroatoms. The van der Waals surface area contributed by atoms with Crippen LogP contribution in [0.1, 0.15) is 29.4 Å². The second-order valence-electron chi connectivity index (χ2n) is 4.42. The van der Waals surface area contributed by atoms with E-state index in [1.165, 1.54) is 12.1 Å². The van der Waals surface area contributed by atoms with Crippen LogP contribution in [0.4, 0.5) is 8.78 Å². The molecule has 1 heterocycles. The summed E-state index contributed by atoms with van der Waals surface area (Å²) < 4.78 is 26.8. The Hall–Kier alpha value is -1.95. The minimum Gasteiger partial charge on any atom is -0.478 e. The molecule has 0 aliphatic rings. The van der Waals surface area contributed by atoms with Crippen LogP contribution < -0.4 is 0 Å². The number of nitrogens with zero attached hydrogens (tertiary/aromatic N) is 1. The van der Waals surface area contributed by atoms with Crippen molar-refractivity contribution in [3.8, 4) is 0 Å². The average molecular weight is 309 g/mol. The molecule has 0 amide bonds. The lowest BCUT2D eigenvalue weighted by atomic mass is 10.2. The Morgan fingerprint density at radius 3 is 2.71 bits per heavy atom. The van der Waals surface area contributed by atoms with Gasteiger partial charge in [-0.15, -0.1) is 0 Å². The highest BCUT2D eigenvalue weighted by Crippen LogP contribution is 2.30. The molecule has 0 atom stereocenters. The fraction of sp³-hybridized carbons (Fsp3) is 0.200. The molecule has 0 fully saturated rings. The summed E-state index contributed by atoms with van der Waals surface area (Å²) in [6.45, 7) is 1.95. The fourth-order valence-electron chi connectivity index (χ4n) is 1.79. The van der Waals surface area contributed by atoms with Crippen LogP contribution in [0.25, 0.3) is 0 Å². The fourth-order valence-corrected chi connectivity index (χ4v) is 2.70. The molecule has 2 aromatic rings. The molecular formula is C15H13F2NO2S. The summed E-state index contributed by atoms with van der Waals surface area (Å²) in [5.74, 6) is -2.20. The van der Waals surface area contributed by atoms with Gasteiger partial charge in [-0.25, -0.2) is 18.6 Å². The first-order valence-corrected chi connectivity index (χ1v) is 7.18. The van der Waals surface area contributed by atoms with E-state index in [0.717, 1.165) is 36.4 Å². The summed E-state index contributed by atoms with van der Waals surface area (Å²) in [6, 6.07) is 5.98. The van der Waals surface area contributed by atoms with Gasteiger partial charge in [0, 0.05) is 5.69 Å². The van der Waals surface area contributed by atoms with Gasteiger partial charge in [-0.05, 0) is 36.8 Å². The van der Waals surface area contributed by atoms with Crippen molar-refractivity contribution in [3.63, 3.8) is 0 Å². The van der Waals surface area contributed by atoms with E-state index >= 15 is 0 Å². The molecule has 3 nitrogen and oxygen atoms in total. The predicted molar refractivity (Wildman–Crippen MR) is 75.7 cm³/mol. The number of carboxylic acids is 1. The van der Waals surface area contributed by atoms with Gasteiger partial charge in [-0.3, -0.25) is 0 Å². The number of aryl methyl sites for hydroxylation is 1. The maximum absolute atomic E-state index is 13.6. The van der Waals surface area contributed by atoms with E-state index in [2.05, 4.69) is 4.98 Å². The molecule has 2 rings (SSSR count). The molecule has 0 radical (unpaired) electrons. The minimum absolute atomic E-state index is 0.0764. The monoisotopic (exact) mass is 309 g/mol. The highest BCUT2D eigenvalue weighted by atomic mass is 32.2. The molecule has 0 unspecified atom stereocenters. The second kappa shape index (κ2) is 6.67. The van der Waals surface area contributed by atoms with Crippen molar-refractivity contribution in [3.05, 3.63) is 53.2 Å². The van der Waals surface area contributed by atoms with Gasteiger partial charge in [0.2, 0.25) is 0 Å². The van der Waals surface area contributed by atoms with Gasteiger partial charge in [0.1, 0.15) is 16.7 Å². The Morgan fingerprint density at radius 2 is 2.05 bits per heavy atom. The van der Waals surface area contributed by atoms with Crippen molar-refractivity contribution in [2.24, 2.45) is 0 Å². The number of halogens is 2. The SMILES string of the molecule is CCCc1cc(C(=O)O)cc(Sc2cc(F)ccc2F)n1. The summed E-state index contributed by atoms with van der Waals surface area (Å²) in [5, 5.41) is 9.43. The van der Waals surface area contributed by atoms with Crippen LogP contribution in [-0.2, 0) is 6.42 Å². The number of benzene rings is 1. The number of aromatic carboxylic acids is 1. The van der Waals surface area contributed by atoms with Gasteiger partial charge in [0.25, 0.3) is 0 Å². The zero-order valence-corrected chi connectivity index (χ0v) is 12.1. The number of carboxylic acid groups (broad SMARTS) is 1. The van der Waals surface area contributed by atoms with Gasteiger partial charge in [0.05, 0.1) is 10.5 Å². The van der Waals surface area contributed by atoms with Crippen molar-refractivity contribution < 1.29 is 18.7 Å². The molecule has 0 aliphatic carbocycles. The molecular weight excluding hydrogens is 296 g/mol. The van der Waals surface area contributed by atoms with Crippen molar-refractivity contribution in [1.82, 2.24) is 4.98 Å². The Kier molecular flexibility index (Phi) is 4.90. The average Bonchev–Trinajstić information content (AvgIpc) is 2.43.